The van der Waals surface area contributed by atoms with Gasteiger partial charge in [-0.2, -0.15) is 8.42 Å². The summed E-state index contributed by atoms with van der Waals surface area (Å²) in [7, 11) is -4.30. The molecule has 5 nitrogen and oxygen atoms in total. The van der Waals surface area contributed by atoms with Gasteiger partial charge in [-0.25, -0.2) is 0 Å². The number of rotatable bonds is 4. The number of fused-ring (bicyclic) bond motifs is 1. The van der Waals surface area contributed by atoms with E-state index in [9.17, 15) is 13.0 Å². The van der Waals surface area contributed by atoms with E-state index in [4.69, 9.17) is 9.47 Å². The first-order valence-electron chi connectivity index (χ1n) is 6.11. The highest BCUT2D eigenvalue weighted by Crippen LogP contribution is 2.40. The minimum atomic E-state index is -4.30. The molecule has 1 unspecified atom stereocenters. The smallest absolute Gasteiger partial charge is 0.296 e. The molecule has 2 rings (SSSR count). The molecule has 0 bridgehead atoms. The van der Waals surface area contributed by atoms with Crippen molar-refractivity contribution in [2.45, 2.75) is 31.6 Å². The Labute approximate surface area is 113 Å². The van der Waals surface area contributed by atoms with Crippen LogP contribution in [0, 0.1) is 0 Å². The third kappa shape index (κ3) is 2.75. The summed E-state index contributed by atoms with van der Waals surface area (Å²) in [6.07, 6.45) is 0. The fourth-order valence-corrected chi connectivity index (χ4v) is 2.99. The number of hydrogen-bond donors (Lipinski definition) is 1. The fraction of sp³-hybridized carbons (Fsp3) is 0.538. The molecule has 0 aliphatic carbocycles. The molecule has 0 saturated carbocycles. The van der Waals surface area contributed by atoms with E-state index < -0.39 is 15.6 Å². The van der Waals surface area contributed by atoms with Gasteiger partial charge in [0.15, 0.2) is 0 Å². The molecular formula is C13H18O5S. The van der Waals surface area contributed by atoms with Crippen LogP contribution in [0.25, 0.3) is 0 Å². The van der Waals surface area contributed by atoms with Crippen LogP contribution in [0.15, 0.2) is 18.2 Å². The maximum Gasteiger partial charge on any atom is 0.296 e. The van der Waals surface area contributed by atoms with Gasteiger partial charge in [-0.3, -0.25) is 4.55 Å². The Morgan fingerprint density at radius 3 is 2.74 bits per heavy atom. The van der Waals surface area contributed by atoms with Crippen molar-refractivity contribution in [2.75, 3.05) is 13.2 Å². The Kier molecular flexibility index (Phi) is 3.59. The van der Waals surface area contributed by atoms with Crippen molar-refractivity contribution in [3.05, 3.63) is 29.3 Å². The second kappa shape index (κ2) is 4.77. The lowest BCUT2D eigenvalue weighted by molar-refractivity contribution is 0.111. The first-order valence-corrected chi connectivity index (χ1v) is 7.61. The summed E-state index contributed by atoms with van der Waals surface area (Å²) in [6.45, 7) is 6.47. The Balaban J connectivity index is 2.47. The third-order valence-corrected chi connectivity index (χ3v) is 4.13. The van der Waals surface area contributed by atoms with E-state index in [-0.39, 0.29) is 12.0 Å². The highest BCUT2D eigenvalue weighted by atomic mass is 32.2. The summed E-state index contributed by atoms with van der Waals surface area (Å²) >= 11 is 0. The maximum absolute atomic E-state index is 11.4. The lowest BCUT2D eigenvalue weighted by Gasteiger charge is -2.18. The largest absolute Gasteiger partial charge is 0.492 e. The molecule has 1 aliphatic rings. The molecule has 106 valence electrons. The Bertz CT molecular complexity index is 577. The van der Waals surface area contributed by atoms with Crippen LogP contribution in [-0.4, -0.2) is 26.2 Å². The van der Waals surface area contributed by atoms with Crippen LogP contribution in [0.5, 0.6) is 5.75 Å². The average Bonchev–Trinajstić information content (AvgIpc) is 2.61. The van der Waals surface area contributed by atoms with E-state index in [1.165, 1.54) is 0 Å². The van der Waals surface area contributed by atoms with Gasteiger partial charge in [0.05, 0.1) is 6.61 Å². The van der Waals surface area contributed by atoms with Gasteiger partial charge < -0.3 is 9.47 Å². The molecule has 1 aliphatic heterocycles. The van der Waals surface area contributed by atoms with Crippen molar-refractivity contribution in [1.82, 2.24) is 0 Å². The topological polar surface area (TPSA) is 72.8 Å². The zero-order chi connectivity index (χ0) is 14.3. The van der Waals surface area contributed by atoms with Crippen molar-refractivity contribution in [1.29, 1.82) is 0 Å². The lowest BCUT2D eigenvalue weighted by atomic mass is 9.86. The Hall–Kier alpha value is -1.11. The summed E-state index contributed by atoms with van der Waals surface area (Å²) in [6, 6.07) is 5.06. The SMILES string of the molecule is CCOC(c1ccc2c(c1)C(C)(C)CO2)S(=O)(=O)O. The predicted molar refractivity (Wildman–Crippen MR) is 70.9 cm³/mol. The Morgan fingerprint density at radius 2 is 2.16 bits per heavy atom. The van der Waals surface area contributed by atoms with E-state index in [0.29, 0.717) is 12.2 Å². The summed E-state index contributed by atoms with van der Waals surface area (Å²) < 4.78 is 42.7. The quantitative estimate of drug-likeness (QED) is 0.860. The Morgan fingerprint density at radius 1 is 1.47 bits per heavy atom. The summed E-state index contributed by atoms with van der Waals surface area (Å²) in [5.41, 5.74) is -0.180. The van der Waals surface area contributed by atoms with Crippen LogP contribution in [0.1, 0.15) is 37.3 Å². The minimum Gasteiger partial charge on any atom is -0.492 e. The van der Waals surface area contributed by atoms with Crippen molar-refractivity contribution in [3.8, 4) is 5.75 Å². The molecule has 1 N–H and O–H groups in total. The highest BCUT2D eigenvalue weighted by Gasteiger charge is 2.34. The van der Waals surface area contributed by atoms with Gasteiger partial charge in [0.2, 0.25) is 5.44 Å². The molecule has 0 amide bonds. The van der Waals surface area contributed by atoms with Crippen LogP contribution in [0.4, 0.5) is 0 Å². The van der Waals surface area contributed by atoms with Gasteiger partial charge in [-0.15, -0.1) is 0 Å². The molecule has 6 heteroatoms. The molecule has 0 saturated heterocycles. The van der Waals surface area contributed by atoms with Gasteiger partial charge in [-0.05, 0) is 24.6 Å². The predicted octanol–water partition coefficient (Wildman–Crippen LogP) is 2.28. The number of hydrogen-bond acceptors (Lipinski definition) is 4. The second-order valence-electron chi connectivity index (χ2n) is 5.23. The standard InChI is InChI=1S/C13H18O5S/c1-4-17-12(19(14,15)16)9-5-6-11-10(7-9)13(2,3)8-18-11/h5-7,12H,4,8H2,1-3H3,(H,14,15,16). The van der Waals surface area contributed by atoms with Gasteiger partial charge in [0.1, 0.15) is 5.75 Å². The van der Waals surface area contributed by atoms with Crippen LogP contribution in [-0.2, 0) is 20.3 Å². The molecule has 0 fully saturated rings. The molecule has 0 radical (unpaired) electrons. The number of benzene rings is 1. The van der Waals surface area contributed by atoms with E-state index in [1.807, 2.05) is 13.8 Å². The minimum absolute atomic E-state index is 0.179. The summed E-state index contributed by atoms with van der Waals surface area (Å²) in [4.78, 5) is 0. The van der Waals surface area contributed by atoms with Gasteiger partial charge in [0.25, 0.3) is 10.1 Å². The fourth-order valence-electron chi connectivity index (χ4n) is 2.19. The van der Waals surface area contributed by atoms with Gasteiger partial charge >= 0.3 is 0 Å². The van der Waals surface area contributed by atoms with E-state index >= 15 is 0 Å². The number of ether oxygens (including phenoxy) is 2. The van der Waals surface area contributed by atoms with E-state index in [1.54, 1.807) is 25.1 Å². The van der Waals surface area contributed by atoms with Crippen LogP contribution in [0.3, 0.4) is 0 Å². The summed E-state index contributed by atoms with van der Waals surface area (Å²) in [5, 5.41) is 0. The molecule has 0 aromatic heterocycles. The molecule has 1 atom stereocenters. The summed E-state index contributed by atoms with van der Waals surface area (Å²) in [5.74, 6) is 0.749. The molecule has 0 spiro atoms. The third-order valence-electron chi connectivity index (χ3n) is 3.18. The van der Waals surface area contributed by atoms with E-state index in [2.05, 4.69) is 0 Å². The van der Waals surface area contributed by atoms with Crippen molar-refractivity contribution >= 4 is 10.1 Å². The van der Waals surface area contributed by atoms with Crippen LogP contribution >= 0.6 is 0 Å². The van der Waals surface area contributed by atoms with Crippen LogP contribution in [0.2, 0.25) is 0 Å². The van der Waals surface area contributed by atoms with Crippen molar-refractivity contribution in [3.63, 3.8) is 0 Å². The van der Waals surface area contributed by atoms with Crippen molar-refractivity contribution in [2.24, 2.45) is 0 Å². The first-order chi connectivity index (χ1) is 8.75. The normalized spacial score (nSPS) is 18.7. The second-order valence-corrected chi connectivity index (χ2v) is 6.69. The zero-order valence-electron chi connectivity index (χ0n) is 11.2. The maximum atomic E-state index is 11.4. The van der Waals surface area contributed by atoms with Crippen molar-refractivity contribution < 1.29 is 22.4 Å². The van der Waals surface area contributed by atoms with Gasteiger partial charge in [0, 0.05) is 17.6 Å². The molecule has 1 heterocycles. The van der Waals surface area contributed by atoms with E-state index in [0.717, 1.165) is 11.3 Å². The zero-order valence-corrected chi connectivity index (χ0v) is 12.0. The molecule has 1 aromatic rings. The lowest BCUT2D eigenvalue weighted by Crippen LogP contribution is -2.19. The molecular weight excluding hydrogens is 268 g/mol. The molecule has 1 aromatic carbocycles. The molecule has 19 heavy (non-hydrogen) atoms. The highest BCUT2D eigenvalue weighted by molar-refractivity contribution is 7.85. The van der Waals surface area contributed by atoms with Gasteiger partial charge in [-0.1, -0.05) is 19.9 Å². The first kappa shape index (κ1) is 14.3. The average molecular weight is 286 g/mol. The monoisotopic (exact) mass is 286 g/mol. The van der Waals surface area contributed by atoms with Crippen LogP contribution < -0.4 is 4.74 Å².